The number of rotatable bonds is 7. The fourth-order valence-corrected chi connectivity index (χ4v) is 4.04. The molecule has 3 heteroatoms. The lowest BCUT2D eigenvalue weighted by Gasteiger charge is -2.36. The normalized spacial score (nSPS) is 21.5. The van der Waals surface area contributed by atoms with Crippen LogP contribution in [0.5, 0.6) is 5.75 Å². The van der Waals surface area contributed by atoms with Gasteiger partial charge in [-0.25, -0.2) is 0 Å². The number of likely N-dealkylation sites (N-methyl/N-ethyl adjacent to an activating group) is 1. The molecule has 0 aliphatic heterocycles. The summed E-state index contributed by atoms with van der Waals surface area (Å²) >= 11 is 0. The summed E-state index contributed by atoms with van der Waals surface area (Å²) < 4.78 is 5.91. The largest absolute Gasteiger partial charge is 0.489 e. The number of aliphatic hydroxyl groups excluding tert-OH is 1. The molecule has 0 radical (unpaired) electrons. The van der Waals surface area contributed by atoms with Gasteiger partial charge in [0.1, 0.15) is 12.4 Å². The number of hydrogen-bond acceptors (Lipinski definition) is 3. The molecule has 1 unspecified atom stereocenters. The number of benzene rings is 2. The standard InChI is InChI=1S/C23H31NO2/c1-24(2)16-22(21-10-6-7-11-23(21)25)19-12-14-20(15-13-19)26-17-18-8-4-3-5-9-18/h3-5,8-9,12-15,21-23,25H,6-7,10-11,16-17H2,1-2H3/t21-,22?,23-/m0/s1. The highest BCUT2D eigenvalue weighted by Crippen LogP contribution is 2.37. The van der Waals surface area contributed by atoms with Gasteiger partial charge in [0.15, 0.2) is 0 Å². The summed E-state index contributed by atoms with van der Waals surface area (Å²) in [4.78, 5) is 2.23. The van der Waals surface area contributed by atoms with E-state index in [4.69, 9.17) is 4.74 Å². The van der Waals surface area contributed by atoms with Crippen molar-refractivity contribution in [1.82, 2.24) is 4.90 Å². The fraction of sp³-hybridized carbons (Fsp3) is 0.478. The highest BCUT2D eigenvalue weighted by Gasteiger charge is 2.31. The van der Waals surface area contributed by atoms with Gasteiger partial charge < -0.3 is 14.7 Å². The molecule has 1 aliphatic rings. The van der Waals surface area contributed by atoms with Crippen molar-refractivity contribution in [3.05, 3.63) is 65.7 Å². The van der Waals surface area contributed by atoms with Gasteiger partial charge in [0.25, 0.3) is 0 Å². The highest BCUT2D eigenvalue weighted by atomic mass is 16.5. The maximum absolute atomic E-state index is 10.5. The van der Waals surface area contributed by atoms with Crippen LogP contribution in [0.1, 0.15) is 42.7 Å². The molecule has 140 valence electrons. The van der Waals surface area contributed by atoms with Crippen LogP contribution < -0.4 is 4.74 Å². The smallest absolute Gasteiger partial charge is 0.119 e. The molecule has 0 heterocycles. The van der Waals surface area contributed by atoms with Gasteiger partial charge in [0.05, 0.1) is 6.10 Å². The van der Waals surface area contributed by atoms with Crippen LogP contribution in [-0.4, -0.2) is 36.8 Å². The van der Waals surface area contributed by atoms with Crippen LogP contribution in [0.15, 0.2) is 54.6 Å². The molecule has 3 rings (SSSR count). The molecule has 2 aromatic rings. The zero-order valence-corrected chi connectivity index (χ0v) is 16.0. The van der Waals surface area contributed by atoms with Gasteiger partial charge in [-0.3, -0.25) is 0 Å². The number of hydrogen-bond donors (Lipinski definition) is 1. The minimum Gasteiger partial charge on any atom is -0.489 e. The Hall–Kier alpha value is -1.84. The molecule has 0 spiro atoms. The van der Waals surface area contributed by atoms with Crippen molar-refractivity contribution < 1.29 is 9.84 Å². The maximum atomic E-state index is 10.5. The van der Waals surface area contributed by atoms with Crippen molar-refractivity contribution >= 4 is 0 Å². The minimum absolute atomic E-state index is 0.178. The molecule has 2 aromatic carbocycles. The van der Waals surface area contributed by atoms with E-state index < -0.39 is 0 Å². The van der Waals surface area contributed by atoms with Crippen LogP contribution >= 0.6 is 0 Å². The number of ether oxygens (including phenoxy) is 1. The Bertz CT molecular complexity index is 654. The second kappa shape index (κ2) is 9.20. The number of aliphatic hydroxyl groups is 1. The molecule has 0 bridgehead atoms. The molecular weight excluding hydrogens is 322 g/mol. The predicted octanol–water partition coefficient (Wildman–Crippen LogP) is 4.46. The third kappa shape index (κ3) is 5.09. The quantitative estimate of drug-likeness (QED) is 0.797. The zero-order chi connectivity index (χ0) is 18.4. The Labute approximate surface area is 157 Å². The van der Waals surface area contributed by atoms with Gasteiger partial charge in [0.2, 0.25) is 0 Å². The van der Waals surface area contributed by atoms with E-state index in [0.717, 1.165) is 31.6 Å². The fourth-order valence-electron chi connectivity index (χ4n) is 4.04. The molecule has 1 aliphatic carbocycles. The monoisotopic (exact) mass is 353 g/mol. The summed E-state index contributed by atoms with van der Waals surface area (Å²) in [5.74, 6) is 1.61. The Morgan fingerprint density at radius 2 is 1.69 bits per heavy atom. The topological polar surface area (TPSA) is 32.7 Å². The second-order valence-corrected chi connectivity index (χ2v) is 7.73. The van der Waals surface area contributed by atoms with Crippen LogP contribution in [0.2, 0.25) is 0 Å². The van der Waals surface area contributed by atoms with E-state index in [1.54, 1.807) is 0 Å². The molecule has 1 fully saturated rings. The van der Waals surface area contributed by atoms with E-state index >= 15 is 0 Å². The Morgan fingerprint density at radius 1 is 1.00 bits per heavy atom. The summed E-state index contributed by atoms with van der Waals surface area (Å²) in [7, 11) is 4.22. The Morgan fingerprint density at radius 3 is 2.35 bits per heavy atom. The molecule has 3 atom stereocenters. The van der Waals surface area contributed by atoms with E-state index in [0.29, 0.717) is 18.4 Å². The van der Waals surface area contributed by atoms with Gasteiger partial charge >= 0.3 is 0 Å². The van der Waals surface area contributed by atoms with E-state index in [1.165, 1.54) is 17.5 Å². The van der Waals surface area contributed by atoms with Crippen LogP contribution in [0.4, 0.5) is 0 Å². The molecule has 0 amide bonds. The first-order chi connectivity index (χ1) is 12.6. The molecule has 26 heavy (non-hydrogen) atoms. The van der Waals surface area contributed by atoms with Gasteiger partial charge in [-0.2, -0.15) is 0 Å². The van der Waals surface area contributed by atoms with Gasteiger partial charge in [0, 0.05) is 12.5 Å². The third-order valence-electron chi connectivity index (χ3n) is 5.42. The van der Waals surface area contributed by atoms with E-state index in [-0.39, 0.29) is 6.10 Å². The van der Waals surface area contributed by atoms with Crippen LogP contribution in [0, 0.1) is 5.92 Å². The highest BCUT2D eigenvalue weighted by molar-refractivity contribution is 5.31. The van der Waals surface area contributed by atoms with Crippen LogP contribution in [0.25, 0.3) is 0 Å². The minimum atomic E-state index is -0.178. The second-order valence-electron chi connectivity index (χ2n) is 7.73. The lowest BCUT2D eigenvalue weighted by molar-refractivity contribution is 0.0494. The van der Waals surface area contributed by atoms with Crippen molar-refractivity contribution in [3.8, 4) is 5.75 Å². The molecule has 0 saturated heterocycles. The average Bonchev–Trinajstić information content (AvgIpc) is 2.66. The summed E-state index contributed by atoms with van der Waals surface area (Å²) in [6.45, 7) is 1.55. The number of nitrogens with zero attached hydrogens (tertiary/aromatic N) is 1. The zero-order valence-electron chi connectivity index (χ0n) is 16.0. The SMILES string of the molecule is CN(C)CC(c1ccc(OCc2ccccc2)cc1)[C@@H]1CCCC[C@@H]1O. The summed E-state index contributed by atoms with van der Waals surface area (Å²) in [5, 5.41) is 10.5. The summed E-state index contributed by atoms with van der Waals surface area (Å²) in [6, 6.07) is 18.7. The van der Waals surface area contributed by atoms with E-state index in [9.17, 15) is 5.11 Å². The molecule has 1 N–H and O–H groups in total. The molecule has 3 nitrogen and oxygen atoms in total. The Balaban J connectivity index is 1.69. The molecule has 1 saturated carbocycles. The van der Waals surface area contributed by atoms with Crippen molar-refractivity contribution in [3.63, 3.8) is 0 Å². The molecule has 0 aromatic heterocycles. The first-order valence-corrected chi connectivity index (χ1v) is 9.73. The Kier molecular flexibility index (Phi) is 6.70. The van der Waals surface area contributed by atoms with E-state index in [2.05, 4.69) is 55.4 Å². The van der Waals surface area contributed by atoms with Gasteiger partial charge in [-0.15, -0.1) is 0 Å². The summed E-state index contributed by atoms with van der Waals surface area (Å²) in [6.07, 6.45) is 4.25. The van der Waals surface area contributed by atoms with Gasteiger partial charge in [-0.05, 0) is 56.1 Å². The first kappa shape index (κ1) is 18.9. The lowest BCUT2D eigenvalue weighted by Crippen LogP contribution is -2.35. The van der Waals surface area contributed by atoms with Crippen molar-refractivity contribution in [2.45, 2.75) is 44.3 Å². The predicted molar refractivity (Wildman–Crippen MR) is 106 cm³/mol. The van der Waals surface area contributed by atoms with Crippen molar-refractivity contribution in [2.24, 2.45) is 5.92 Å². The van der Waals surface area contributed by atoms with Crippen LogP contribution in [0.3, 0.4) is 0 Å². The maximum Gasteiger partial charge on any atom is 0.119 e. The van der Waals surface area contributed by atoms with Crippen LogP contribution in [-0.2, 0) is 6.61 Å². The lowest BCUT2D eigenvalue weighted by atomic mass is 9.75. The van der Waals surface area contributed by atoms with E-state index in [1.807, 2.05) is 18.2 Å². The van der Waals surface area contributed by atoms with Gasteiger partial charge in [-0.1, -0.05) is 55.3 Å². The average molecular weight is 354 g/mol. The van der Waals surface area contributed by atoms with Crippen molar-refractivity contribution in [1.29, 1.82) is 0 Å². The third-order valence-corrected chi connectivity index (χ3v) is 5.42. The van der Waals surface area contributed by atoms with Crippen molar-refractivity contribution in [2.75, 3.05) is 20.6 Å². The summed E-state index contributed by atoms with van der Waals surface area (Å²) in [5.41, 5.74) is 2.48. The molecular formula is C23H31NO2. The first-order valence-electron chi connectivity index (χ1n) is 9.73.